The van der Waals surface area contributed by atoms with E-state index in [0.29, 0.717) is 12.5 Å². The van der Waals surface area contributed by atoms with Gasteiger partial charge in [0, 0.05) is 23.0 Å². The zero-order chi connectivity index (χ0) is 13.1. The van der Waals surface area contributed by atoms with E-state index in [4.69, 9.17) is 4.42 Å². The molecule has 0 aromatic carbocycles. The summed E-state index contributed by atoms with van der Waals surface area (Å²) < 4.78 is 6.40. The van der Waals surface area contributed by atoms with Crippen molar-refractivity contribution in [2.75, 3.05) is 6.54 Å². The fourth-order valence-corrected chi connectivity index (χ4v) is 1.92. The van der Waals surface area contributed by atoms with Crippen LogP contribution in [0.25, 0.3) is 6.08 Å². The molecule has 1 N–H and O–H groups in total. The van der Waals surface area contributed by atoms with E-state index in [2.05, 4.69) is 34.7 Å². The van der Waals surface area contributed by atoms with Crippen LogP contribution >= 0.6 is 15.9 Å². The number of rotatable bonds is 5. The lowest BCUT2D eigenvalue weighted by Crippen LogP contribution is -2.21. The number of halogens is 1. The number of carbonyl (C=O) groups is 1. The number of amides is 1. The maximum atomic E-state index is 11.4. The zero-order valence-corrected chi connectivity index (χ0v) is 11.9. The van der Waals surface area contributed by atoms with Gasteiger partial charge in [-0.15, -0.1) is 0 Å². The van der Waals surface area contributed by atoms with E-state index in [9.17, 15) is 4.79 Å². The van der Waals surface area contributed by atoms with Gasteiger partial charge in [0.25, 0.3) is 0 Å². The number of furan rings is 1. The van der Waals surface area contributed by atoms with Crippen molar-refractivity contribution >= 4 is 27.9 Å². The van der Waals surface area contributed by atoms with Gasteiger partial charge in [-0.2, -0.15) is 0 Å². The minimum absolute atomic E-state index is 0.159. The summed E-state index contributed by atoms with van der Waals surface area (Å²) in [6.07, 6.45) is 4.35. The molecule has 1 aliphatic carbocycles. The van der Waals surface area contributed by atoms with Gasteiger partial charge >= 0.3 is 0 Å². The Morgan fingerprint density at radius 3 is 3.00 bits per heavy atom. The second-order valence-corrected chi connectivity index (χ2v) is 5.75. The Balaban J connectivity index is 1.86. The van der Waals surface area contributed by atoms with Gasteiger partial charge < -0.3 is 9.73 Å². The molecule has 1 aliphatic rings. The Hall–Kier alpha value is -1.29. The first-order chi connectivity index (χ1) is 8.56. The summed E-state index contributed by atoms with van der Waals surface area (Å²) in [4.78, 5) is 11.4. The van der Waals surface area contributed by atoms with Crippen molar-refractivity contribution in [1.29, 1.82) is 0 Å². The highest BCUT2D eigenvalue weighted by atomic mass is 79.9. The molecule has 4 heteroatoms. The largest absolute Gasteiger partial charge is 0.461 e. The molecule has 1 fully saturated rings. The third-order valence-electron chi connectivity index (χ3n) is 2.98. The van der Waals surface area contributed by atoms with Crippen molar-refractivity contribution in [1.82, 2.24) is 5.32 Å². The number of nitrogens with one attached hydrogen (secondary N) is 1. The van der Waals surface area contributed by atoms with Gasteiger partial charge in [-0.1, -0.05) is 29.4 Å². The van der Waals surface area contributed by atoms with Gasteiger partial charge in [-0.05, 0) is 30.5 Å². The molecular weight excluding hydrogens is 294 g/mol. The molecule has 0 spiro atoms. The minimum Gasteiger partial charge on any atom is -0.461 e. The van der Waals surface area contributed by atoms with Crippen molar-refractivity contribution in [3.8, 4) is 0 Å². The van der Waals surface area contributed by atoms with Crippen LogP contribution in [0.1, 0.15) is 30.8 Å². The first-order valence-electron chi connectivity index (χ1n) is 5.95. The molecule has 1 saturated carbocycles. The smallest absolute Gasteiger partial charge is 0.244 e. The maximum absolute atomic E-state index is 11.4. The molecule has 96 valence electrons. The van der Waals surface area contributed by atoms with Crippen LogP contribution in [-0.2, 0) is 4.79 Å². The molecule has 18 heavy (non-hydrogen) atoms. The maximum Gasteiger partial charge on any atom is 0.244 e. The summed E-state index contributed by atoms with van der Waals surface area (Å²) in [5.74, 6) is 2.88. The second-order valence-electron chi connectivity index (χ2n) is 4.63. The molecule has 1 aromatic rings. The van der Waals surface area contributed by atoms with Crippen molar-refractivity contribution in [3.63, 3.8) is 0 Å². The predicted molar refractivity (Wildman–Crippen MR) is 75.3 cm³/mol. The molecule has 0 aliphatic heterocycles. The van der Waals surface area contributed by atoms with Crippen molar-refractivity contribution in [2.24, 2.45) is 5.92 Å². The van der Waals surface area contributed by atoms with E-state index >= 15 is 0 Å². The molecule has 0 saturated heterocycles. The number of hydrogen-bond acceptors (Lipinski definition) is 2. The van der Waals surface area contributed by atoms with E-state index in [1.807, 2.05) is 12.1 Å². The Morgan fingerprint density at radius 1 is 1.67 bits per heavy atom. The van der Waals surface area contributed by atoms with Crippen molar-refractivity contribution in [3.05, 3.63) is 40.8 Å². The minimum atomic E-state index is -0.159. The predicted octanol–water partition coefficient (Wildman–Crippen LogP) is 3.44. The standard InChI is InChI=1S/C14H16BrNO2/c1-9-7-12(9)13-5-3-11(18-13)4-6-14(17)16-8-10(2)15/h3-6,9,12H,2,7-8H2,1H3,(H,16,17)/b6-4+. The highest BCUT2D eigenvalue weighted by molar-refractivity contribution is 9.11. The van der Waals surface area contributed by atoms with Crippen LogP contribution in [0.3, 0.4) is 0 Å². The normalized spacial score (nSPS) is 22.1. The van der Waals surface area contributed by atoms with Gasteiger partial charge in [0.15, 0.2) is 0 Å². The fourth-order valence-electron chi connectivity index (χ4n) is 1.78. The molecule has 2 unspecified atom stereocenters. The summed E-state index contributed by atoms with van der Waals surface area (Å²) in [7, 11) is 0. The van der Waals surface area contributed by atoms with Crippen LogP contribution in [0.4, 0.5) is 0 Å². The average Bonchev–Trinajstić information content (AvgIpc) is 2.88. The number of hydrogen-bond donors (Lipinski definition) is 1. The topological polar surface area (TPSA) is 42.2 Å². The van der Waals surface area contributed by atoms with Gasteiger partial charge in [0.05, 0.1) is 0 Å². The summed E-state index contributed by atoms with van der Waals surface area (Å²) in [5, 5.41) is 2.69. The van der Waals surface area contributed by atoms with Crippen LogP contribution in [0, 0.1) is 5.92 Å². The first-order valence-corrected chi connectivity index (χ1v) is 6.74. The summed E-state index contributed by atoms with van der Waals surface area (Å²) in [5.41, 5.74) is 0. The van der Waals surface area contributed by atoms with Gasteiger partial charge in [0.2, 0.25) is 5.91 Å². The molecule has 0 bridgehead atoms. The van der Waals surface area contributed by atoms with Crippen LogP contribution in [0.5, 0.6) is 0 Å². The Labute approximate surface area is 115 Å². The third-order valence-corrected chi connectivity index (χ3v) is 3.26. The van der Waals surface area contributed by atoms with Crippen LogP contribution in [-0.4, -0.2) is 12.5 Å². The fraction of sp³-hybridized carbons (Fsp3) is 0.357. The lowest BCUT2D eigenvalue weighted by molar-refractivity contribution is -0.116. The lowest BCUT2D eigenvalue weighted by Gasteiger charge is -1.98. The highest BCUT2D eigenvalue weighted by Gasteiger charge is 2.36. The Morgan fingerprint density at radius 2 is 2.39 bits per heavy atom. The van der Waals surface area contributed by atoms with Gasteiger partial charge in [-0.25, -0.2) is 0 Å². The molecule has 0 radical (unpaired) electrons. The number of carbonyl (C=O) groups excluding carboxylic acids is 1. The van der Waals surface area contributed by atoms with E-state index < -0.39 is 0 Å². The van der Waals surface area contributed by atoms with E-state index in [-0.39, 0.29) is 5.91 Å². The van der Waals surface area contributed by atoms with E-state index in [1.165, 1.54) is 12.5 Å². The summed E-state index contributed by atoms with van der Waals surface area (Å²) in [6.45, 7) is 6.28. The van der Waals surface area contributed by atoms with Crippen molar-refractivity contribution < 1.29 is 9.21 Å². The first kappa shape index (κ1) is 13.1. The Kier molecular flexibility index (Phi) is 4.07. The molecule has 2 rings (SSSR count). The second kappa shape index (κ2) is 5.57. The molecule has 1 aromatic heterocycles. The molecule has 1 amide bonds. The van der Waals surface area contributed by atoms with E-state index in [0.717, 1.165) is 21.9 Å². The molecular formula is C14H16BrNO2. The van der Waals surface area contributed by atoms with Gasteiger partial charge in [0.1, 0.15) is 11.5 Å². The van der Waals surface area contributed by atoms with Crippen LogP contribution in [0.15, 0.2) is 33.7 Å². The quantitative estimate of drug-likeness (QED) is 0.847. The van der Waals surface area contributed by atoms with Crippen molar-refractivity contribution in [2.45, 2.75) is 19.3 Å². The Bertz CT molecular complexity index is 490. The van der Waals surface area contributed by atoms with E-state index in [1.54, 1.807) is 6.08 Å². The van der Waals surface area contributed by atoms with Gasteiger partial charge in [-0.3, -0.25) is 4.79 Å². The third kappa shape index (κ3) is 3.60. The monoisotopic (exact) mass is 309 g/mol. The lowest BCUT2D eigenvalue weighted by atomic mass is 10.3. The average molecular weight is 310 g/mol. The molecule has 3 nitrogen and oxygen atoms in total. The zero-order valence-electron chi connectivity index (χ0n) is 10.3. The summed E-state index contributed by atoms with van der Waals surface area (Å²) in [6, 6.07) is 3.89. The SMILES string of the molecule is C=C(Br)CNC(=O)/C=C/c1ccc(C2CC2C)o1. The highest BCUT2D eigenvalue weighted by Crippen LogP contribution is 2.47. The molecule has 1 heterocycles. The molecule has 2 atom stereocenters. The summed E-state index contributed by atoms with van der Waals surface area (Å²) >= 11 is 3.18. The van der Waals surface area contributed by atoms with Crippen LogP contribution in [0.2, 0.25) is 0 Å². The van der Waals surface area contributed by atoms with Crippen LogP contribution < -0.4 is 5.32 Å².